The monoisotopic (exact) mass is 188 g/mol. The maximum atomic E-state index is 9.79. The van der Waals surface area contributed by atoms with Crippen molar-refractivity contribution in [1.29, 1.82) is 0 Å². The number of hydrogen-bond acceptors (Lipinski definition) is 3. The van der Waals surface area contributed by atoms with Crippen LogP contribution in [-0.4, -0.2) is 27.9 Å². The van der Waals surface area contributed by atoms with E-state index in [4.69, 9.17) is 10.0 Å². The van der Waals surface area contributed by atoms with Crippen LogP contribution >= 0.6 is 0 Å². The van der Waals surface area contributed by atoms with Gasteiger partial charge in [-0.05, 0) is 38.4 Å². The Bertz CT molecular complexity index is 121. The molecule has 4 heteroatoms. The molecule has 0 saturated heterocycles. The Morgan fingerprint density at radius 2 is 1.77 bits per heavy atom. The van der Waals surface area contributed by atoms with Crippen LogP contribution in [0.25, 0.3) is 0 Å². The minimum atomic E-state index is -1.30. The molecule has 0 saturated carbocycles. The first kappa shape index (κ1) is 12.9. The molecule has 13 heavy (non-hydrogen) atoms. The second-order valence-electron chi connectivity index (χ2n) is 4.45. The third-order valence-electron chi connectivity index (χ3n) is 2.20. The van der Waals surface area contributed by atoms with Gasteiger partial charge >= 0.3 is 7.12 Å². The average Bonchev–Trinajstić information content (AvgIpc) is 1.98. The van der Waals surface area contributed by atoms with Gasteiger partial charge < -0.3 is 15.2 Å². The van der Waals surface area contributed by atoms with Crippen LogP contribution in [0.1, 0.15) is 40.0 Å². The zero-order chi connectivity index (χ0) is 10.5. The predicted octanol–water partition coefficient (Wildman–Crippen LogP) is 1.04. The Morgan fingerprint density at radius 1 is 1.23 bits per heavy atom. The van der Waals surface area contributed by atoms with E-state index in [-0.39, 0.29) is 6.32 Å². The van der Waals surface area contributed by atoms with Crippen LogP contribution in [0.15, 0.2) is 0 Å². The van der Waals surface area contributed by atoms with Gasteiger partial charge in [-0.25, -0.2) is 0 Å². The first-order chi connectivity index (χ1) is 5.83. The van der Waals surface area contributed by atoms with E-state index in [2.05, 4.69) is 13.8 Å². The molecule has 78 valence electrons. The molecule has 0 aliphatic heterocycles. The van der Waals surface area contributed by atoms with Crippen LogP contribution in [0.3, 0.4) is 0 Å². The van der Waals surface area contributed by atoms with Crippen LogP contribution in [0, 0.1) is 5.92 Å². The Morgan fingerprint density at radius 3 is 2.15 bits per heavy atom. The number of hydrogen-bond donors (Lipinski definition) is 3. The molecule has 3 nitrogen and oxygen atoms in total. The van der Waals surface area contributed by atoms with Crippen molar-refractivity contribution in [1.82, 2.24) is 0 Å². The van der Waals surface area contributed by atoms with E-state index in [9.17, 15) is 5.11 Å². The smallest absolute Gasteiger partial charge is 0.427 e. The Hall–Kier alpha value is -0.0551. The van der Waals surface area contributed by atoms with Gasteiger partial charge in [0.1, 0.15) is 0 Å². The van der Waals surface area contributed by atoms with Crippen molar-refractivity contribution in [3.8, 4) is 0 Å². The van der Waals surface area contributed by atoms with Gasteiger partial charge in [0.2, 0.25) is 0 Å². The zero-order valence-corrected chi connectivity index (χ0v) is 8.82. The fraction of sp³-hybridized carbons (Fsp3) is 1.00. The lowest BCUT2D eigenvalue weighted by Crippen LogP contribution is -2.27. The summed E-state index contributed by atoms with van der Waals surface area (Å²) in [6.07, 6.45) is 2.37. The highest BCUT2D eigenvalue weighted by atomic mass is 16.4. The summed E-state index contributed by atoms with van der Waals surface area (Å²) in [7, 11) is -1.30. The van der Waals surface area contributed by atoms with Gasteiger partial charge in [-0.1, -0.05) is 13.8 Å². The van der Waals surface area contributed by atoms with Crippen molar-refractivity contribution in [3.05, 3.63) is 0 Å². The van der Waals surface area contributed by atoms with E-state index >= 15 is 0 Å². The summed E-state index contributed by atoms with van der Waals surface area (Å²) < 4.78 is 0. The van der Waals surface area contributed by atoms with Gasteiger partial charge in [-0.3, -0.25) is 0 Å². The molecule has 0 bridgehead atoms. The van der Waals surface area contributed by atoms with Crippen LogP contribution in [0.5, 0.6) is 0 Å². The van der Waals surface area contributed by atoms with Crippen LogP contribution in [-0.2, 0) is 0 Å². The van der Waals surface area contributed by atoms with Gasteiger partial charge in [-0.15, -0.1) is 0 Å². The number of rotatable bonds is 6. The molecule has 0 spiro atoms. The summed E-state index contributed by atoms with van der Waals surface area (Å²) in [5, 5.41) is 27.1. The van der Waals surface area contributed by atoms with Crippen LogP contribution in [0.2, 0.25) is 6.32 Å². The molecule has 0 aliphatic carbocycles. The van der Waals surface area contributed by atoms with Gasteiger partial charge in [-0.2, -0.15) is 0 Å². The molecule has 0 heterocycles. The van der Waals surface area contributed by atoms with E-state index in [1.807, 2.05) is 0 Å². The van der Waals surface area contributed by atoms with Gasteiger partial charge in [0.15, 0.2) is 0 Å². The SMILES string of the molecule is CC(C)CCC(C)(O)CCB(O)O. The summed E-state index contributed by atoms with van der Waals surface area (Å²) in [5.41, 5.74) is -0.756. The quantitative estimate of drug-likeness (QED) is 0.545. The fourth-order valence-corrected chi connectivity index (χ4v) is 1.16. The average molecular weight is 188 g/mol. The molecule has 3 N–H and O–H groups in total. The fourth-order valence-electron chi connectivity index (χ4n) is 1.16. The molecule has 0 aromatic heterocycles. The molecule has 1 unspecified atom stereocenters. The first-order valence-corrected chi connectivity index (χ1v) is 4.92. The summed E-state index contributed by atoms with van der Waals surface area (Å²) >= 11 is 0. The number of aliphatic hydroxyl groups is 1. The maximum absolute atomic E-state index is 9.79. The van der Waals surface area contributed by atoms with Crippen molar-refractivity contribution in [2.75, 3.05) is 0 Å². The minimum absolute atomic E-state index is 0.241. The third-order valence-corrected chi connectivity index (χ3v) is 2.20. The lowest BCUT2D eigenvalue weighted by atomic mass is 9.78. The van der Waals surface area contributed by atoms with Crippen LogP contribution in [0.4, 0.5) is 0 Å². The van der Waals surface area contributed by atoms with E-state index in [0.29, 0.717) is 12.3 Å². The van der Waals surface area contributed by atoms with Gasteiger partial charge in [0.25, 0.3) is 0 Å². The van der Waals surface area contributed by atoms with Crippen molar-refractivity contribution < 1.29 is 15.2 Å². The highest BCUT2D eigenvalue weighted by molar-refractivity contribution is 6.40. The molecule has 0 aromatic carbocycles. The topological polar surface area (TPSA) is 60.7 Å². The van der Waals surface area contributed by atoms with Crippen molar-refractivity contribution in [2.24, 2.45) is 5.92 Å². The lowest BCUT2D eigenvalue weighted by molar-refractivity contribution is 0.0400. The maximum Gasteiger partial charge on any atom is 0.451 e. The van der Waals surface area contributed by atoms with E-state index < -0.39 is 12.7 Å². The zero-order valence-electron chi connectivity index (χ0n) is 8.82. The Labute approximate surface area is 80.9 Å². The molecule has 0 aromatic rings. The first-order valence-electron chi connectivity index (χ1n) is 4.92. The summed E-state index contributed by atoms with van der Waals surface area (Å²) in [4.78, 5) is 0. The molecular weight excluding hydrogens is 167 g/mol. The summed E-state index contributed by atoms with van der Waals surface area (Å²) in [5.74, 6) is 0.575. The highest BCUT2D eigenvalue weighted by Crippen LogP contribution is 2.21. The second kappa shape index (κ2) is 5.63. The molecule has 0 fully saturated rings. The molecule has 0 rings (SSSR count). The van der Waals surface area contributed by atoms with E-state index in [0.717, 1.165) is 12.8 Å². The summed E-state index contributed by atoms with van der Waals surface area (Å²) in [6.45, 7) is 5.96. The van der Waals surface area contributed by atoms with Crippen molar-refractivity contribution in [3.63, 3.8) is 0 Å². The summed E-state index contributed by atoms with van der Waals surface area (Å²) in [6, 6.07) is 0. The lowest BCUT2D eigenvalue weighted by Gasteiger charge is -2.23. The molecule has 0 aliphatic rings. The standard InChI is InChI=1S/C9H21BO3/c1-8(2)4-5-9(3,11)6-7-10(12)13/h8,11-13H,4-7H2,1-3H3. The minimum Gasteiger partial charge on any atom is -0.427 e. The van der Waals surface area contributed by atoms with E-state index in [1.54, 1.807) is 6.92 Å². The molecule has 0 radical (unpaired) electrons. The largest absolute Gasteiger partial charge is 0.451 e. The highest BCUT2D eigenvalue weighted by Gasteiger charge is 2.22. The van der Waals surface area contributed by atoms with Gasteiger partial charge in [0.05, 0.1) is 5.60 Å². The Balaban J connectivity index is 3.66. The molecule has 0 amide bonds. The van der Waals surface area contributed by atoms with Crippen molar-refractivity contribution in [2.45, 2.75) is 52.0 Å². The normalized spacial score (nSPS) is 15.9. The van der Waals surface area contributed by atoms with E-state index in [1.165, 1.54) is 0 Å². The predicted molar refractivity (Wildman–Crippen MR) is 54.3 cm³/mol. The van der Waals surface area contributed by atoms with Crippen LogP contribution < -0.4 is 0 Å². The second-order valence-corrected chi connectivity index (χ2v) is 4.45. The third kappa shape index (κ3) is 8.28. The van der Waals surface area contributed by atoms with Crippen molar-refractivity contribution >= 4 is 7.12 Å². The van der Waals surface area contributed by atoms with Gasteiger partial charge in [0, 0.05) is 0 Å². The molecular formula is C9H21BO3. The molecule has 1 atom stereocenters. The Kier molecular flexibility index (Phi) is 5.60.